The summed E-state index contributed by atoms with van der Waals surface area (Å²) in [5, 5.41) is 14.7. The van der Waals surface area contributed by atoms with Crippen molar-refractivity contribution in [1.82, 2.24) is 44.6 Å². The van der Waals surface area contributed by atoms with Crippen LogP contribution in [0.15, 0.2) is 41.1 Å². The van der Waals surface area contributed by atoms with Gasteiger partial charge in [0.2, 0.25) is 5.82 Å². The highest BCUT2D eigenvalue weighted by molar-refractivity contribution is 7.91. The second kappa shape index (κ2) is 8.89. The molecule has 204 valence electrons. The van der Waals surface area contributed by atoms with Crippen molar-refractivity contribution in [3.63, 3.8) is 0 Å². The van der Waals surface area contributed by atoms with Gasteiger partial charge in [0.05, 0.1) is 17.6 Å². The molecule has 0 radical (unpaired) electrons. The number of fused-ring (bicyclic) bond motifs is 3. The Kier molecular flexibility index (Phi) is 5.51. The smallest absolute Gasteiger partial charge is 0.292 e. The Hall–Kier alpha value is -4.24. The van der Waals surface area contributed by atoms with E-state index in [0.29, 0.717) is 29.7 Å². The molecule has 15 heteroatoms. The van der Waals surface area contributed by atoms with Gasteiger partial charge in [-0.15, -0.1) is 21.5 Å². The highest BCUT2D eigenvalue weighted by Gasteiger charge is 2.50. The van der Waals surface area contributed by atoms with Crippen molar-refractivity contribution in [3.05, 3.63) is 53.4 Å². The van der Waals surface area contributed by atoms with E-state index >= 15 is 0 Å². The fourth-order valence-electron chi connectivity index (χ4n) is 5.89. The van der Waals surface area contributed by atoms with E-state index in [1.165, 1.54) is 22.2 Å². The number of aromatic amines is 1. The molecule has 7 heterocycles. The molecule has 1 saturated carbocycles. The Balaban J connectivity index is 1.27. The molecule has 0 aromatic carbocycles. The average molecular weight is 577 g/mol. The van der Waals surface area contributed by atoms with Gasteiger partial charge < -0.3 is 15.6 Å². The van der Waals surface area contributed by atoms with Crippen molar-refractivity contribution in [1.29, 1.82) is 0 Å². The normalized spacial score (nSPS) is 20.6. The molecule has 1 unspecified atom stereocenters. The topological polar surface area (TPSA) is 178 Å². The van der Waals surface area contributed by atoms with Crippen molar-refractivity contribution in [2.45, 2.75) is 49.1 Å². The lowest BCUT2D eigenvalue weighted by molar-refractivity contribution is -0.0205. The van der Waals surface area contributed by atoms with E-state index in [0.717, 1.165) is 34.6 Å². The molecule has 3 atom stereocenters. The molecule has 13 nitrogen and oxygen atoms in total. The maximum absolute atomic E-state index is 13.0. The lowest BCUT2D eigenvalue weighted by Crippen LogP contribution is -2.62. The van der Waals surface area contributed by atoms with Crippen molar-refractivity contribution in [3.8, 4) is 21.8 Å². The number of amides is 1. The molecule has 2 bridgehead atoms. The number of pyridine rings is 1. The third-order valence-corrected chi connectivity index (χ3v) is 9.77. The number of anilines is 1. The van der Waals surface area contributed by atoms with Crippen LogP contribution in [0.4, 0.5) is 5.82 Å². The van der Waals surface area contributed by atoms with Gasteiger partial charge in [0.25, 0.3) is 5.91 Å². The Morgan fingerprint density at radius 1 is 1.15 bits per heavy atom. The summed E-state index contributed by atoms with van der Waals surface area (Å²) in [4.78, 5) is 31.5. The van der Waals surface area contributed by atoms with E-state index in [2.05, 4.69) is 30.2 Å². The van der Waals surface area contributed by atoms with Crippen LogP contribution in [0.2, 0.25) is 0 Å². The minimum absolute atomic E-state index is 0.0123. The summed E-state index contributed by atoms with van der Waals surface area (Å²) >= 11 is 1.53. The largest absolute Gasteiger partial charge is 0.382 e. The van der Waals surface area contributed by atoms with Crippen LogP contribution in [0.5, 0.6) is 0 Å². The quantitative estimate of drug-likeness (QED) is 0.316. The zero-order valence-electron chi connectivity index (χ0n) is 21.5. The number of rotatable bonds is 5. The van der Waals surface area contributed by atoms with E-state index in [1.54, 1.807) is 17.3 Å². The number of piperidine rings is 1. The number of carbonyl (C=O) groups is 1. The van der Waals surface area contributed by atoms with Gasteiger partial charge in [-0.3, -0.25) is 9.78 Å². The van der Waals surface area contributed by atoms with Crippen molar-refractivity contribution in [2.75, 3.05) is 12.0 Å². The van der Waals surface area contributed by atoms with Crippen molar-refractivity contribution < 1.29 is 13.2 Å². The Morgan fingerprint density at radius 2 is 1.95 bits per heavy atom. The van der Waals surface area contributed by atoms with Crippen molar-refractivity contribution in [2.24, 2.45) is 0 Å². The number of nitrogens with two attached hydrogens (primary N) is 1. The van der Waals surface area contributed by atoms with Crippen LogP contribution in [0.1, 0.15) is 47.2 Å². The molecule has 40 heavy (non-hydrogen) atoms. The molecule has 3 aliphatic rings. The first-order valence-corrected chi connectivity index (χ1v) is 15.4. The number of sulfone groups is 1. The number of thiazole rings is 1. The number of nitrogens with zero attached hydrogens (tertiary/aromatic N) is 8. The fourth-order valence-corrected chi connectivity index (χ4v) is 7.72. The third-order valence-electron chi connectivity index (χ3n) is 7.63. The number of nitrogens with one attached hydrogen (secondary N) is 1. The maximum atomic E-state index is 13.0. The first kappa shape index (κ1) is 24.8. The van der Waals surface area contributed by atoms with Crippen LogP contribution in [0.3, 0.4) is 0 Å². The molecule has 0 spiro atoms. The van der Waals surface area contributed by atoms with Gasteiger partial charge in [0.15, 0.2) is 15.5 Å². The van der Waals surface area contributed by atoms with Gasteiger partial charge in [-0.1, -0.05) is 6.07 Å². The number of aromatic nitrogens is 8. The van der Waals surface area contributed by atoms with Crippen LogP contribution >= 0.6 is 11.3 Å². The maximum Gasteiger partial charge on any atom is 0.292 e. The van der Waals surface area contributed by atoms with Gasteiger partial charge in [-0.05, 0) is 32.3 Å². The Bertz CT molecular complexity index is 1870. The predicted molar refractivity (Wildman–Crippen MR) is 146 cm³/mol. The highest BCUT2D eigenvalue weighted by atomic mass is 32.2. The first-order chi connectivity index (χ1) is 19.2. The lowest BCUT2D eigenvalue weighted by Gasteiger charge is -2.55. The van der Waals surface area contributed by atoms with Gasteiger partial charge in [-0.25, -0.2) is 18.4 Å². The second-order valence-corrected chi connectivity index (χ2v) is 13.1. The van der Waals surface area contributed by atoms with E-state index < -0.39 is 9.84 Å². The average Bonchev–Trinajstić information content (AvgIpc) is 3.69. The SMILES string of the molecule is Cc1csc(-c2ccc(-c3cnn4c(N)c(S(C)(=O)=O)c([C@@H]5CC6C[C@@H](C5)N6C(=O)c5nnc[nH]5)nc34)cn2)n1. The zero-order chi connectivity index (χ0) is 27.8. The molecule has 1 aliphatic carbocycles. The number of aryl methyl sites for hydroxylation is 1. The molecule has 8 rings (SSSR count). The third kappa shape index (κ3) is 3.87. The summed E-state index contributed by atoms with van der Waals surface area (Å²) in [6.45, 7) is 1.94. The molecule has 5 aromatic heterocycles. The van der Waals surface area contributed by atoms with Crippen LogP contribution in [-0.2, 0) is 9.84 Å². The lowest BCUT2D eigenvalue weighted by atomic mass is 9.72. The molecular weight excluding hydrogens is 552 g/mol. The number of hydrogen-bond donors (Lipinski definition) is 2. The second-order valence-electron chi connectivity index (χ2n) is 10.3. The molecular formula is C25H24N10O3S2. The number of nitrogen functional groups attached to an aromatic ring is 1. The summed E-state index contributed by atoms with van der Waals surface area (Å²) in [7, 11) is -3.73. The van der Waals surface area contributed by atoms with Gasteiger partial charge in [0.1, 0.15) is 22.0 Å². The molecule has 5 aromatic rings. The van der Waals surface area contributed by atoms with Crippen LogP contribution in [0, 0.1) is 6.92 Å². The molecule has 1 amide bonds. The standard InChI is InChI=1S/C25H24N10O3S2/c1-12-10-39-24(31-12)18-4-3-13(8-27-18)17-9-30-35-21(26)20(40(2,37)38)19(32-23(17)35)14-5-15-7-16(6-14)34(15)25(36)22-28-11-29-33-22/h3-4,8-11,14-16H,5-7,26H2,1-2H3,(H,28,29,33)/t14-,15+,16?/m0/s1. The van der Waals surface area contributed by atoms with E-state index in [1.807, 2.05) is 24.4 Å². The highest BCUT2D eigenvalue weighted by Crippen LogP contribution is 2.47. The van der Waals surface area contributed by atoms with E-state index in [-0.39, 0.29) is 40.4 Å². The predicted octanol–water partition coefficient (Wildman–Crippen LogP) is 2.49. The van der Waals surface area contributed by atoms with Crippen LogP contribution < -0.4 is 5.73 Å². The molecule has 3 fully saturated rings. The molecule has 2 saturated heterocycles. The van der Waals surface area contributed by atoms with Gasteiger partial charge in [0, 0.05) is 52.7 Å². The summed E-state index contributed by atoms with van der Waals surface area (Å²) in [6.07, 6.45) is 7.83. The fraction of sp³-hybridized carbons (Fsp3) is 0.320. The number of H-pyrrole nitrogens is 1. The number of carbonyl (C=O) groups excluding carboxylic acids is 1. The monoisotopic (exact) mass is 576 g/mol. The Labute approximate surface area is 232 Å². The summed E-state index contributed by atoms with van der Waals surface area (Å²) < 4.78 is 27.3. The van der Waals surface area contributed by atoms with Gasteiger partial charge in [-0.2, -0.15) is 9.61 Å². The molecule has 2 aliphatic heterocycles. The van der Waals surface area contributed by atoms with E-state index in [4.69, 9.17) is 10.7 Å². The zero-order valence-corrected chi connectivity index (χ0v) is 23.1. The summed E-state index contributed by atoms with van der Waals surface area (Å²) in [5.74, 6) is -0.186. The number of hydrogen-bond acceptors (Lipinski definition) is 11. The van der Waals surface area contributed by atoms with Gasteiger partial charge >= 0.3 is 0 Å². The summed E-state index contributed by atoms with van der Waals surface area (Å²) in [5.41, 5.74) is 10.5. The molecule has 3 N–H and O–H groups in total. The van der Waals surface area contributed by atoms with Crippen LogP contribution in [0.25, 0.3) is 27.5 Å². The Morgan fingerprint density at radius 3 is 2.58 bits per heavy atom. The summed E-state index contributed by atoms with van der Waals surface area (Å²) in [6, 6.07) is 3.70. The van der Waals surface area contributed by atoms with E-state index in [9.17, 15) is 13.2 Å². The minimum atomic E-state index is -3.73. The minimum Gasteiger partial charge on any atom is -0.382 e. The van der Waals surface area contributed by atoms with Crippen LogP contribution in [-0.4, -0.2) is 77.3 Å². The first-order valence-electron chi connectivity index (χ1n) is 12.6. The van der Waals surface area contributed by atoms with Crippen molar-refractivity contribution >= 4 is 38.5 Å².